The van der Waals surface area contributed by atoms with E-state index in [1.54, 1.807) is 6.33 Å². The molecule has 20 heavy (non-hydrogen) atoms. The number of nitrogen functional groups attached to an aromatic ring is 1. The zero-order valence-corrected chi connectivity index (χ0v) is 13.5. The first-order valence-electron chi connectivity index (χ1n) is 6.58. The van der Waals surface area contributed by atoms with Crippen molar-refractivity contribution in [3.63, 3.8) is 0 Å². The lowest BCUT2D eigenvalue weighted by atomic mass is 10.0. The molecular formula is C12H13ClIN5O. The van der Waals surface area contributed by atoms with Crippen molar-refractivity contribution in [2.75, 3.05) is 5.73 Å². The normalized spacial score (nSPS) is 32.9. The number of ether oxygens (including phenoxy) is 1. The number of rotatable bonds is 1. The number of halogens is 2. The third-order valence-electron chi connectivity index (χ3n) is 4.16. The Kier molecular flexibility index (Phi) is 3.04. The molecule has 3 heterocycles. The van der Waals surface area contributed by atoms with E-state index in [1.165, 1.54) is 12.8 Å². The highest BCUT2D eigenvalue weighted by Gasteiger charge is 2.44. The first-order valence-corrected chi connectivity index (χ1v) is 8.21. The fraction of sp³-hybridized carbons (Fsp3) is 0.583. The van der Waals surface area contributed by atoms with Crippen LogP contribution in [-0.2, 0) is 4.74 Å². The molecule has 2 aromatic heterocycles. The Balaban J connectivity index is 1.73. The van der Waals surface area contributed by atoms with E-state index in [1.807, 2.05) is 4.57 Å². The molecule has 0 aromatic carbocycles. The highest BCUT2D eigenvalue weighted by atomic mass is 127. The second-order valence-corrected chi connectivity index (χ2v) is 7.30. The maximum Gasteiger partial charge on any atom is 0.223 e. The lowest BCUT2D eigenvalue weighted by Gasteiger charge is -2.16. The van der Waals surface area contributed by atoms with E-state index < -0.39 is 0 Å². The Morgan fingerprint density at radius 1 is 1.40 bits per heavy atom. The van der Waals surface area contributed by atoms with Gasteiger partial charge in [0.1, 0.15) is 11.7 Å². The van der Waals surface area contributed by atoms with E-state index in [0.717, 1.165) is 6.42 Å². The first kappa shape index (κ1) is 13.0. The van der Waals surface area contributed by atoms with Crippen molar-refractivity contribution in [2.24, 2.45) is 5.92 Å². The Morgan fingerprint density at radius 2 is 2.25 bits per heavy atom. The number of nitrogens with two attached hydrogens (primary N) is 1. The van der Waals surface area contributed by atoms with Crippen molar-refractivity contribution in [3.05, 3.63) is 11.5 Å². The molecule has 1 saturated heterocycles. The first-order chi connectivity index (χ1) is 9.63. The molecule has 2 fully saturated rings. The molecule has 6 nitrogen and oxygen atoms in total. The number of hydrogen-bond donors (Lipinski definition) is 1. The fourth-order valence-electron chi connectivity index (χ4n) is 3.23. The van der Waals surface area contributed by atoms with Crippen molar-refractivity contribution in [1.82, 2.24) is 19.5 Å². The quantitative estimate of drug-likeness (QED) is 0.448. The number of anilines is 1. The van der Waals surface area contributed by atoms with Crippen molar-refractivity contribution < 1.29 is 4.74 Å². The van der Waals surface area contributed by atoms with Crippen LogP contribution in [0.5, 0.6) is 0 Å². The van der Waals surface area contributed by atoms with Crippen molar-refractivity contribution in [2.45, 2.75) is 35.5 Å². The predicted octanol–water partition coefficient (Wildman–Crippen LogP) is 2.56. The summed E-state index contributed by atoms with van der Waals surface area (Å²) in [6, 6.07) is 0. The van der Waals surface area contributed by atoms with Gasteiger partial charge in [-0.05, 0) is 25.2 Å². The van der Waals surface area contributed by atoms with Crippen LogP contribution in [0, 0.1) is 5.92 Å². The van der Waals surface area contributed by atoms with Gasteiger partial charge >= 0.3 is 0 Å². The van der Waals surface area contributed by atoms with E-state index in [4.69, 9.17) is 22.1 Å². The summed E-state index contributed by atoms with van der Waals surface area (Å²) in [4.78, 5) is 12.5. The molecule has 1 aliphatic heterocycles. The molecule has 8 heteroatoms. The van der Waals surface area contributed by atoms with Crippen LogP contribution < -0.4 is 5.73 Å². The highest BCUT2D eigenvalue weighted by molar-refractivity contribution is 14.1. The molecule has 0 amide bonds. The Bertz CT molecular complexity index is 677. The van der Waals surface area contributed by atoms with E-state index in [9.17, 15) is 0 Å². The Morgan fingerprint density at radius 3 is 3.05 bits per heavy atom. The monoisotopic (exact) mass is 405 g/mol. The predicted molar refractivity (Wildman–Crippen MR) is 83.8 cm³/mol. The summed E-state index contributed by atoms with van der Waals surface area (Å²) >= 11 is 8.54. The summed E-state index contributed by atoms with van der Waals surface area (Å²) in [6.45, 7) is 0. The van der Waals surface area contributed by atoms with Gasteiger partial charge in [0.2, 0.25) is 5.95 Å². The van der Waals surface area contributed by atoms with E-state index in [0.29, 0.717) is 27.1 Å². The standard InChI is InChI=1S/C12H13ClIN5O/c13-10-8-11(18-12(15)17-10)19(4-16-8)7-3-5-1-2-6(14)9(5)20-7/h4-7,9H,1-3H2,(H2,15,17,18)/t5?,6?,7-,9+/m1/s1. The van der Waals surface area contributed by atoms with E-state index >= 15 is 0 Å². The summed E-state index contributed by atoms with van der Waals surface area (Å²) in [5.74, 6) is 0.795. The van der Waals surface area contributed by atoms with Crippen LogP contribution in [0.15, 0.2) is 6.33 Å². The number of nitrogens with zero attached hydrogens (tertiary/aromatic N) is 4. The van der Waals surface area contributed by atoms with Crippen LogP contribution in [0.3, 0.4) is 0 Å². The number of fused-ring (bicyclic) bond motifs is 2. The molecule has 4 atom stereocenters. The van der Waals surface area contributed by atoms with Gasteiger partial charge in [0.15, 0.2) is 10.8 Å². The molecule has 106 valence electrons. The largest absolute Gasteiger partial charge is 0.368 e. The van der Waals surface area contributed by atoms with Crippen molar-refractivity contribution in [1.29, 1.82) is 0 Å². The maximum atomic E-state index is 6.20. The molecule has 2 aromatic rings. The van der Waals surface area contributed by atoms with Gasteiger partial charge in [-0.15, -0.1) is 0 Å². The average Bonchev–Trinajstić information content (AvgIpc) is 3.05. The third kappa shape index (κ3) is 1.90. The Labute approximate surface area is 134 Å². The van der Waals surface area contributed by atoms with Gasteiger partial charge in [0.25, 0.3) is 0 Å². The highest BCUT2D eigenvalue weighted by Crippen LogP contribution is 2.46. The summed E-state index contributed by atoms with van der Waals surface area (Å²) in [5, 5.41) is 0.288. The summed E-state index contributed by atoms with van der Waals surface area (Å²) in [5.41, 5.74) is 6.90. The van der Waals surface area contributed by atoms with E-state index in [-0.39, 0.29) is 17.3 Å². The molecule has 0 bridgehead atoms. The molecule has 1 aliphatic carbocycles. The van der Waals surface area contributed by atoms with E-state index in [2.05, 4.69) is 37.5 Å². The van der Waals surface area contributed by atoms with Gasteiger partial charge in [-0.25, -0.2) is 4.98 Å². The number of aromatic nitrogens is 4. The zero-order chi connectivity index (χ0) is 13.9. The molecule has 1 saturated carbocycles. The van der Waals surface area contributed by atoms with Gasteiger partial charge in [0.05, 0.1) is 12.4 Å². The lowest BCUT2D eigenvalue weighted by molar-refractivity contribution is 0.00612. The molecule has 2 aliphatic rings. The maximum absolute atomic E-state index is 6.20. The summed E-state index contributed by atoms with van der Waals surface area (Å²) < 4.78 is 8.73. The fourth-order valence-corrected chi connectivity index (χ4v) is 4.57. The zero-order valence-electron chi connectivity index (χ0n) is 10.5. The van der Waals surface area contributed by atoms with Gasteiger partial charge < -0.3 is 10.5 Å². The molecule has 2 unspecified atom stereocenters. The van der Waals surface area contributed by atoms with Crippen LogP contribution in [0.25, 0.3) is 11.2 Å². The summed E-state index contributed by atoms with van der Waals surface area (Å²) in [7, 11) is 0. The summed E-state index contributed by atoms with van der Waals surface area (Å²) in [6.07, 6.45) is 5.51. The van der Waals surface area contributed by atoms with Crippen molar-refractivity contribution >= 4 is 51.3 Å². The SMILES string of the molecule is Nc1nc(Cl)c2ncn([C@H]3CC4CCC(I)[C@H]4O3)c2n1. The average molecular weight is 406 g/mol. The van der Waals surface area contributed by atoms with Crippen LogP contribution in [0.4, 0.5) is 5.95 Å². The number of hydrogen-bond acceptors (Lipinski definition) is 5. The molecule has 0 spiro atoms. The number of imidazole rings is 1. The third-order valence-corrected chi connectivity index (χ3v) is 5.75. The lowest BCUT2D eigenvalue weighted by Crippen LogP contribution is -2.19. The minimum absolute atomic E-state index is 0.0297. The molecule has 4 rings (SSSR count). The van der Waals surface area contributed by atoms with Crippen LogP contribution >= 0.6 is 34.2 Å². The molecule has 0 radical (unpaired) electrons. The van der Waals surface area contributed by atoms with Crippen LogP contribution in [0.2, 0.25) is 5.15 Å². The Hall–Kier alpha value is -0.670. The van der Waals surface area contributed by atoms with Crippen LogP contribution in [-0.4, -0.2) is 29.5 Å². The van der Waals surface area contributed by atoms with Gasteiger partial charge in [-0.2, -0.15) is 9.97 Å². The smallest absolute Gasteiger partial charge is 0.223 e. The van der Waals surface area contributed by atoms with Gasteiger partial charge in [0, 0.05) is 3.92 Å². The molecule has 2 N–H and O–H groups in total. The number of alkyl halides is 1. The second-order valence-electron chi connectivity index (χ2n) is 5.34. The van der Waals surface area contributed by atoms with Gasteiger partial charge in [-0.3, -0.25) is 4.57 Å². The minimum Gasteiger partial charge on any atom is -0.368 e. The van der Waals surface area contributed by atoms with Crippen molar-refractivity contribution in [3.8, 4) is 0 Å². The topological polar surface area (TPSA) is 78.8 Å². The van der Waals surface area contributed by atoms with Gasteiger partial charge in [-0.1, -0.05) is 34.2 Å². The second kappa shape index (κ2) is 4.67. The van der Waals surface area contributed by atoms with Crippen LogP contribution in [0.1, 0.15) is 25.5 Å². The molecular weight excluding hydrogens is 393 g/mol. The minimum atomic E-state index is -0.0297.